The van der Waals surface area contributed by atoms with Crippen molar-refractivity contribution in [1.82, 2.24) is 9.94 Å². The van der Waals surface area contributed by atoms with Crippen molar-refractivity contribution >= 4 is 5.97 Å². The van der Waals surface area contributed by atoms with Gasteiger partial charge in [0.15, 0.2) is 12.3 Å². The Morgan fingerprint density at radius 1 is 1.77 bits per heavy atom. The van der Waals surface area contributed by atoms with Crippen LogP contribution in [0.25, 0.3) is 0 Å². The highest BCUT2D eigenvalue weighted by Crippen LogP contribution is 1.97. The number of nitrogens with zero attached hydrogens (tertiary/aromatic N) is 2. The number of hydrogen-bond donors (Lipinski definition) is 1. The zero-order valence-corrected chi connectivity index (χ0v) is 6.35. The third kappa shape index (κ3) is 2.39. The van der Waals surface area contributed by atoms with E-state index in [1.54, 1.807) is 0 Å². The van der Waals surface area contributed by atoms with Crippen molar-refractivity contribution in [2.45, 2.75) is 6.43 Å². The highest BCUT2D eigenvalue weighted by molar-refractivity contribution is 5.85. The van der Waals surface area contributed by atoms with Crippen molar-refractivity contribution in [2.24, 2.45) is 0 Å². The van der Waals surface area contributed by atoms with E-state index in [0.717, 1.165) is 12.3 Å². The second-order valence-corrected chi connectivity index (χ2v) is 2.08. The van der Waals surface area contributed by atoms with Gasteiger partial charge in [-0.1, -0.05) is 4.85 Å². The predicted octanol–water partition coefficient (Wildman–Crippen LogP) is 0.275. The maximum Gasteiger partial charge on any atom is 0.357 e. The van der Waals surface area contributed by atoms with E-state index in [0.29, 0.717) is 4.85 Å². The largest absolute Gasteiger partial charge is 0.476 e. The minimum Gasteiger partial charge on any atom is -0.476 e. The molecule has 0 saturated heterocycles. The lowest BCUT2D eigenvalue weighted by molar-refractivity contribution is -0.00920. The van der Waals surface area contributed by atoms with Gasteiger partial charge in [-0.3, -0.25) is 0 Å². The van der Waals surface area contributed by atoms with Gasteiger partial charge in [-0.25, -0.2) is 13.6 Å². The quantitative estimate of drug-likeness (QED) is 0.743. The van der Waals surface area contributed by atoms with E-state index in [1.165, 1.54) is 0 Å². The highest BCUT2D eigenvalue weighted by atomic mass is 19.3. The lowest BCUT2D eigenvalue weighted by Gasteiger charge is -2.05. The van der Waals surface area contributed by atoms with Crippen LogP contribution in [0.2, 0.25) is 0 Å². The summed E-state index contributed by atoms with van der Waals surface area (Å²) in [6.45, 7) is -0.887. The van der Waals surface area contributed by atoms with Gasteiger partial charge in [-0.05, 0) is 6.07 Å². The van der Waals surface area contributed by atoms with Crippen molar-refractivity contribution in [2.75, 3.05) is 6.61 Å². The second-order valence-electron chi connectivity index (χ2n) is 2.08. The fraction of sp³-hybridized carbons (Fsp3) is 0.333. The molecule has 0 aliphatic rings. The second kappa shape index (κ2) is 3.83. The van der Waals surface area contributed by atoms with Gasteiger partial charge in [-0.15, -0.1) is 5.10 Å². The zero-order chi connectivity index (χ0) is 9.84. The molecule has 1 aromatic heterocycles. The van der Waals surface area contributed by atoms with Gasteiger partial charge in [0.05, 0.1) is 6.20 Å². The third-order valence-electron chi connectivity index (χ3n) is 1.15. The first kappa shape index (κ1) is 9.43. The monoisotopic (exact) mass is 192 g/mol. The predicted molar refractivity (Wildman–Crippen MR) is 36.6 cm³/mol. The molecule has 5 nitrogen and oxygen atoms in total. The molecule has 0 radical (unpaired) electrons. The average Bonchev–Trinajstić information content (AvgIpc) is 2.47. The van der Waals surface area contributed by atoms with Crippen molar-refractivity contribution in [3.05, 3.63) is 18.0 Å². The normalized spacial score (nSPS) is 10.4. The summed E-state index contributed by atoms with van der Waals surface area (Å²) >= 11 is 0. The number of alkyl halides is 2. The summed E-state index contributed by atoms with van der Waals surface area (Å²) in [7, 11) is 0. The Hall–Kier alpha value is -1.66. The molecule has 1 N–H and O–H groups in total. The van der Waals surface area contributed by atoms with Gasteiger partial charge in [0.1, 0.15) is 0 Å². The average molecular weight is 192 g/mol. The minimum absolute atomic E-state index is 0.291. The summed E-state index contributed by atoms with van der Waals surface area (Å²) in [5.74, 6) is -1.29. The molecule has 0 saturated carbocycles. The van der Waals surface area contributed by atoms with Gasteiger partial charge in [0.2, 0.25) is 0 Å². The smallest absolute Gasteiger partial charge is 0.357 e. The number of aromatic nitrogens is 2. The lowest BCUT2D eigenvalue weighted by atomic mass is 10.4. The maximum absolute atomic E-state index is 11.6. The number of aromatic carboxylic acids is 1. The van der Waals surface area contributed by atoms with Gasteiger partial charge < -0.3 is 9.94 Å². The first-order valence-corrected chi connectivity index (χ1v) is 3.30. The van der Waals surface area contributed by atoms with Crippen LogP contribution < -0.4 is 4.84 Å². The molecule has 0 atom stereocenters. The summed E-state index contributed by atoms with van der Waals surface area (Å²) in [4.78, 5) is 15.3. The van der Waals surface area contributed by atoms with Gasteiger partial charge in [0, 0.05) is 0 Å². The standard InChI is InChI=1S/C6H6F2N2O3/c7-5(8)3-13-10-4(6(11)12)1-2-9-10/h1-2,5H,3H2,(H,11,12). The third-order valence-corrected chi connectivity index (χ3v) is 1.15. The Bertz CT molecular complexity index is 300. The molecule has 7 heteroatoms. The Morgan fingerprint density at radius 3 is 3.00 bits per heavy atom. The van der Waals surface area contributed by atoms with E-state index in [-0.39, 0.29) is 5.69 Å². The Kier molecular flexibility index (Phi) is 2.78. The molecule has 0 unspecified atom stereocenters. The van der Waals surface area contributed by atoms with Crippen LogP contribution in [0.1, 0.15) is 10.5 Å². The number of carboxylic acids is 1. The maximum atomic E-state index is 11.6. The summed E-state index contributed by atoms with van der Waals surface area (Å²) in [6.07, 6.45) is -1.51. The number of rotatable bonds is 4. The van der Waals surface area contributed by atoms with E-state index in [2.05, 4.69) is 9.94 Å². The molecule has 0 aliphatic heterocycles. The van der Waals surface area contributed by atoms with E-state index < -0.39 is 19.0 Å². The molecule has 13 heavy (non-hydrogen) atoms. The topological polar surface area (TPSA) is 64.3 Å². The molecular weight excluding hydrogens is 186 g/mol. The molecule has 1 rings (SSSR count). The van der Waals surface area contributed by atoms with Crippen LogP contribution in [0.3, 0.4) is 0 Å². The summed E-state index contributed by atoms with van der Waals surface area (Å²) in [5, 5.41) is 11.9. The SMILES string of the molecule is O=C(O)c1ccnn1OCC(F)F. The molecule has 72 valence electrons. The van der Waals surface area contributed by atoms with Crippen LogP contribution >= 0.6 is 0 Å². The van der Waals surface area contributed by atoms with Crippen LogP contribution in [0.5, 0.6) is 0 Å². The van der Waals surface area contributed by atoms with Crippen LogP contribution in [-0.2, 0) is 0 Å². The fourth-order valence-corrected chi connectivity index (χ4v) is 0.673. The summed E-state index contributed by atoms with van der Waals surface area (Å²) in [6, 6.07) is 1.15. The molecule has 1 aromatic rings. The first-order valence-electron chi connectivity index (χ1n) is 3.30. The van der Waals surface area contributed by atoms with E-state index >= 15 is 0 Å². The van der Waals surface area contributed by atoms with Crippen LogP contribution in [-0.4, -0.2) is 34.1 Å². The first-order chi connectivity index (χ1) is 6.11. The summed E-state index contributed by atoms with van der Waals surface area (Å²) < 4.78 is 23.3. The molecular formula is C6H6F2N2O3. The number of carbonyl (C=O) groups is 1. The minimum atomic E-state index is -2.66. The molecule has 0 fully saturated rings. The molecule has 0 bridgehead atoms. The lowest BCUT2D eigenvalue weighted by Crippen LogP contribution is -2.22. The molecule has 1 heterocycles. The van der Waals surface area contributed by atoms with Crippen LogP contribution in [0, 0.1) is 0 Å². The van der Waals surface area contributed by atoms with Crippen molar-refractivity contribution in [3.63, 3.8) is 0 Å². The van der Waals surface area contributed by atoms with Crippen molar-refractivity contribution < 1.29 is 23.5 Å². The zero-order valence-electron chi connectivity index (χ0n) is 6.35. The Morgan fingerprint density at radius 2 is 2.46 bits per heavy atom. The van der Waals surface area contributed by atoms with Crippen molar-refractivity contribution in [3.8, 4) is 0 Å². The number of carboxylic acid groups (broad SMARTS) is 1. The number of halogens is 2. The van der Waals surface area contributed by atoms with Crippen LogP contribution in [0.15, 0.2) is 12.3 Å². The van der Waals surface area contributed by atoms with Crippen LogP contribution in [0.4, 0.5) is 8.78 Å². The Labute approximate surface area is 71.5 Å². The van der Waals surface area contributed by atoms with E-state index in [9.17, 15) is 13.6 Å². The molecule has 0 aliphatic carbocycles. The van der Waals surface area contributed by atoms with Gasteiger partial charge in [0.25, 0.3) is 6.43 Å². The van der Waals surface area contributed by atoms with Crippen molar-refractivity contribution in [1.29, 1.82) is 0 Å². The fourth-order valence-electron chi connectivity index (χ4n) is 0.673. The molecule has 0 spiro atoms. The Balaban J connectivity index is 2.65. The van der Waals surface area contributed by atoms with Gasteiger partial charge >= 0.3 is 5.97 Å². The van der Waals surface area contributed by atoms with E-state index in [1.807, 2.05) is 0 Å². The van der Waals surface area contributed by atoms with E-state index in [4.69, 9.17) is 5.11 Å². The molecule has 0 amide bonds. The molecule has 0 aromatic carbocycles. The highest BCUT2D eigenvalue weighted by Gasteiger charge is 2.12. The summed E-state index contributed by atoms with van der Waals surface area (Å²) in [5.41, 5.74) is -0.291. The number of hydrogen-bond acceptors (Lipinski definition) is 3. The van der Waals surface area contributed by atoms with Gasteiger partial charge in [-0.2, -0.15) is 0 Å².